The summed E-state index contributed by atoms with van der Waals surface area (Å²) in [6.07, 6.45) is 0. The van der Waals surface area contributed by atoms with E-state index in [0.717, 1.165) is 0 Å². The van der Waals surface area contributed by atoms with Crippen molar-refractivity contribution in [2.24, 2.45) is 10.2 Å². The van der Waals surface area contributed by atoms with Gasteiger partial charge >= 0.3 is 0 Å². The molecule has 0 aliphatic carbocycles. The van der Waals surface area contributed by atoms with Crippen molar-refractivity contribution in [1.82, 2.24) is 0 Å². The Morgan fingerprint density at radius 2 is 1.74 bits per heavy atom. The number of carbonyl (C=O) groups is 1. The molecule has 11 heteroatoms. The highest BCUT2D eigenvalue weighted by molar-refractivity contribution is 7.92. The highest BCUT2D eigenvalue weighted by Crippen LogP contribution is 2.29. The van der Waals surface area contributed by atoms with Crippen molar-refractivity contribution in [2.75, 3.05) is 17.1 Å². The topological polar surface area (TPSA) is 129 Å². The lowest BCUT2D eigenvalue weighted by Gasteiger charge is -2.13. The number of sulfonamides is 1. The maximum Gasteiger partial charge on any atom is 0.279 e. The fraction of sp³-hybridized carbons (Fsp3) is 0.125. The van der Waals surface area contributed by atoms with Gasteiger partial charge in [0.25, 0.3) is 15.9 Å². The molecule has 0 radical (unpaired) electrons. The fourth-order valence-corrected chi connectivity index (χ4v) is 4.44. The first-order chi connectivity index (χ1) is 16.6. The molecule has 9 nitrogen and oxygen atoms in total. The Balaban J connectivity index is 1.86. The van der Waals surface area contributed by atoms with Crippen molar-refractivity contribution in [3.8, 4) is 5.75 Å². The molecule has 0 unspecified atom stereocenters. The number of nitrogens with one attached hydrogen (secondary N) is 2. The summed E-state index contributed by atoms with van der Waals surface area (Å²) in [7, 11) is -2.56. The number of aryl methyl sites for hydroxylation is 1. The average Bonchev–Trinajstić information content (AvgIpc) is 2.81. The third-order valence-corrected chi connectivity index (χ3v) is 6.50. The van der Waals surface area contributed by atoms with E-state index in [2.05, 4.69) is 20.3 Å². The van der Waals surface area contributed by atoms with Crippen LogP contribution in [0.1, 0.15) is 12.5 Å². The summed E-state index contributed by atoms with van der Waals surface area (Å²) >= 11 is 5.85. The van der Waals surface area contributed by atoms with Gasteiger partial charge in [-0.2, -0.15) is 5.11 Å². The third kappa shape index (κ3) is 6.58. The van der Waals surface area contributed by atoms with Crippen LogP contribution < -0.4 is 14.8 Å². The lowest BCUT2D eigenvalue weighted by molar-refractivity contribution is -0.113. The van der Waals surface area contributed by atoms with Crippen LogP contribution in [0, 0.1) is 6.92 Å². The molecule has 0 fully saturated rings. The van der Waals surface area contributed by atoms with Crippen molar-refractivity contribution in [3.63, 3.8) is 0 Å². The molecule has 182 valence electrons. The molecule has 0 aliphatic rings. The number of methoxy groups -OCH3 is 1. The van der Waals surface area contributed by atoms with Gasteiger partial charge in [0, 0.05) is 10.7 Å². The number of allylic oxidation sites excluding steroid dienone is 1. The summed E-state index contributed by atoms with van der Waals surface area (Å²) in [5.74, 6) is -0.698. The van der Waals surface area contributed by atoms with E-state index in [1.54, 1.807) is 67.6 Å². The monoisotopic (exact) mass is 514 g/mol. The SMILES string of the molecule is COc1ccccc1NS(=O)(=O)c1cc(N=N/C(C(=O)Nc2ccc(Cl)cc2)=C(\C)O)ccc1C. The predicted octanol–water partition coefficient (Wildman–Crippen LogP) is 5.97. The predicted molar refractivity (Wildman–Crippen MR) is 135 cm³/mol. The zero-order valence-electron chi connectivity index (χ0n) is 19.1. The molecule has 3 rings (SSSR count). The van der Waals surface area contributed by atoms with E-state index in [9.17, 15) is 18.3 Å². The number of ether oxygens (including phenoxy) is 1. The van der Waals surface area contributed by atoms with Gasteiger partial charge in [-0.1, -0.05) is 29.8 Å². The number of rotatable bonds is 8. The van der Waals surface area contributed by atoms with E-state index in [-0.39, 0.29) is 27.7 Å². The molecule has 1 amide bonds. The number of anilines is 2. The number of azo groups is 1. The summed E-state index contributed by atoms with van der Waals surface area (Å²) < 4.78 is 33.8. The van der Waals surface area contributed by atoms with Gasteiger partial charge in [0.15, 0.2) is 5.70 Å². The number of benzene rings is 3. The summed E-state index contributed by atoms with van der Waals surface area (Å²) in [5.41, 5.74) is 1.02. The third-order valence-electron chi connectivity index (χ3n) is 4.74. The second kappa shape index (κ2) is 11.0. The van der Waals surface area contributed by atoms with Crippen LogP contribution in [0.15, 0.2) is 93.3 Å². The first-order valence-electron chi connectivity index (χ1n) is 10.3. The van der Waals surface area contributed by atoms with Crippen molar-refractivity contribution >= 4 is 44.6 Å². The number of amides is 1. The molecule has 3 N–H and O–H groups in total. The fourth-order valence-electron chi connectivity index (χ4n) is 2.98. The molecule has 0 atom stereocenters. The van der Waals surface area contributed by atoms with Gasteiger partial charge in [-0.3, -0.25) is 9.52 Å². The number of hydrogen-bond donors (Lipinski definition) is 3. The first kappa shape index (κ1) is 25.7. The molecule has 0 aliphatic heterocycles. The van der Waals surface area contributed by atoms with Crippen molar-refractivity contribution in [3.05, 3.63) is 88.8 Å². The van der Waals surface area contributed by atoms with Gasteiger partial charge in [-0.25, -0.2) is 8.42 Å². The van der Waals surface area contributed by atoms with Crippen LogP contribution in [0.25, 0.3) is 0 Å². The molecule has 0 aromatic heterocycles. The van der Waals surface area contributed by atoms with E-state index in [1.807, 2.05) is 0 Å². The molecule has 0 spiro atoms. The number of halogens is 1. The van der Waals surface area contributed by atoms with Gasteiger partial charge in [0.1, 0.15) is 11.5 Å². The maximum absolute atomic E-state index is 13.1. The Hall–Kier alpha value is -3.89. The van der Waals surface area contributed by atoms with Gasteiger partial charge in [-0.15, -0.1) is 5.11 Å². The summed E-state index contributed by atoms with van der Waals surface area (Å²) in [4.78, 5) is 12.5. The van der Waals surface area contributed by atoms with E-state index >= 15 is 0 Å². The van der Waals surface area contributed by atoms with Crippen LogP contribution in [-0.4, -0.2) is 26.5 Å². The molecular formula is C24H23ClN4O5S. The van der Waals surface area contributed by atoms with Gasteiger partial charge in [-0.05, 0) is 67.9 Å². The summed E-state index contributed by atoms with van der Waals surface area (Å²) in [6.45, 7) is 2.93. The van der Waals surface area contributed by atoms with Crippen molar-refractivity contribution in [1.29, 1.82) is 0 Å². The molecule has 0 bridgehead atoms. The summed E-state index contributed by atoms with van der Waals surface area (Å²) in [6, 6.07) is 17.4. The quantitative estimate of drug-likeness (QED) is 0.194. The molecule has 35 heavy (non-hydrogen) atoms. The molecule has 3 aromatic rings. The first-order valence-corrected chi connectivity index (χ1v) is 12.1. The van der Waals surface area contributed by atoms with Crippen LogP contribution >= 0.6 is 11.6 Å². The van der Waals surface area contributed by atoms with E-state index in [1.165, 1.54) is 20.1 Å². The lowest BCUT2D eigenvalue weighted by Crippen LogP contribution is -2.15. The van der Waals surface area contributed by atoms with E-state index < -0.39 is 15.9 Å². The molecule has 0 saturated carbocycles. The zero-order chi connectivity index (χ0) is 25.6. The Morgan fingerprint density at radius 1 is 1.06 bits per heavy atom. The highest BCUT2D eigenvalue weighted by atomic mass is 35.5. The molecular weight excluding hydrogens is 492 g/mol. The number of nitrogens with zero attached hydrogens (tertiary/aromatic N) is 2. The molecule has 3 aromatic carbocycles. The Labute approximate surface area is 208 Å². The van der Waals surface area contributed by atoms with E-state index in [0.29, 0.717) is 22.0 Å². The normalized spacial score (nSPS) is 12.2. The van der Waals surface area contributed by atoms with E-state index in [4.69, 9.17) is 16.3 Å². The van der Waals surface area contributed by atoms with Gasteiger partial charge in [0.2, 0.25) is 0 Å². The van der Waals surface area contributed by atoms with Gasteiger partial charge in [0.05, 0.1) is 23.4 Å². The molecule has 0 heterocycles. The number of para-hydroxylation sites is 2. The van der Waals surface area contributed by atoms with Crippen LogP contribution in [0.4, 0.5) is 17.1 Å². The standard InChI is InChI=1S/C24H23ClN4O5S/c1-15-8-11-19(14-22(15)35(32,33)29-20-6-4-5-7-21(20)34-3)27-28-23(16(2)30)24(31)26-18-12-9-17(25)10-13-18/h4-14,29-30H,1-3H3,(H,26,31)/b23-16+,28-27?. The van der Waals surface area contributed by atoms with Gasteiger partial charge < -0.3 is 15.2 Å². The molecule has 0 saturated heterocycles. The van der Waals surface area contributed by atoms with Crippen LogP contribution in [0.5, 0.6) is 5.75 Å². The number of carbonyl (C=O) groups excluding carboxylic acids is 1. The minimum Gasteiger partial charge on any atom is -0.510 e. The number of aliphatic hydroxyl groups is 1. The Bertz CT molecular complexity index is 1400. The average molecular weight is 515 g/mol. The lowest BCUT2D eigenvalue weighted by atomic mass is 10.2. The minimum atomic E-state index is -4.00. The van der Waals surface area contributed by atoms with Crippen LogP contribution in [0.3, 0.4) is 0 Å². The van der Waals surface area contributed by atoms with Crippen LogP contribution in [-0.2, 0) is 14.8 Å². The largest absolute Gasteiger partial charge is 0.510 e. The highest BCUT2D eigenvalue weighted by Gasteiger charge is 2.20. The smallest absolute Gasteiger partial charge is 0.279 e. The Morgan fingerprint density at radius 3 is 2.40 bits per heavy atom. The Kier molecular flexibility index (Phi) is 8.10. The van der Waals surface area contributed by atoms with Crippen molar-refractivity contribution in [2.45, 2.75) is 18.7 Å². The van der Waals surface area contributed by atoms with Crippen molar-refractivity contribution < 1.29 is 23.1 Å². The van der Waals surface area contributed by atoms with Crippen LogP contribution in [0.2, 0.25) is 5.02 Å². The summed E-state index contributed by atoms with van der Waals surface area (Å²) in [5, 5.41) is 20.9. The number of aliphatic hydroxyl groups excluding tert-OH is 1. The second-order valence-electron chi connectivity index (χ2n) is 7.35. The zero-order valence-corrected chi connectivity index (χ0v) is 20.7. The maximum atomic E-state index is 13.1. The second-order valence-corrected chi connectivity index (χ2v) is 9.44. The minimum absolute atomic E-state index is 0.0308. The number of hydrogen-bond acceptors (Lipinski definition) is 7.